The number of benzene rings is 1. The molecule has 1 heterocycles. The quantitative estimate of drug-likeness (QED) is 0.772. The van der Waals surface area contributed by atoms with E-state index in [2.05, 4.69) is 0 Å². The van der Waals surface area contributed by atoms with E-state index in [4.69, 9.17) is 23.2 Å². The number of carbonyl (C=O) groups is 1. The maximum absolute atomic E-state index is 12.7. The number of halogens is 2. The predicted molar refractivity (Wildman–Crippen MR) is 86.6 cm³/mol. The summed E-state index contributed by atoms with van der Waals surface area (Å²) in [7, 11) is 0. The third-order valence-electron chi connectivity index (χ3n) is 4.97. The summed E-state index contributed by atoms with van der Waals surface area (Å²) in [6.45, 7) is 1.38. The van der Waals surface area contributed by atoms with Crippen molar-refractivity contribution < 1.29 is 4.79 Å². The Kier molecular flexibility index (Phi) is 4.75. The molecule has 4 heteroatoms. The molecule has 1 aliphatic heterocycles. The number of likely N-dealkylation sites (tertiary alicyclic amines) is 1. The maximum atomic E-state index is 12.7. The van der Waals surface area contributed by atoms with Gasteiger partial charge in [-0.15, -0.1) is 0 Å². The predicted octanol–water partition coefficient (Wildman–Crippen LogP) is 4.92. The number of rotatable bonds is 3. The minimum Gasteiger partial charge on any atom is -0.338 e. The van der Waals surface area contributed by atoms with Gasteiger partial charge in [-0.3, -0.25) is 4.79 Å². The van der Waals surface area contributed by atoms with Gasteiger partial charge in [-0.25, -0.2) is 0 Å². The molecule has 114 valence electrons. The Labute approximate surface area is 136 Å². The normalized spacial score (nSPS) is 23.8. The second-order valence-electron chi connectivity index (χ2n) is 6.25. The highest BCUT2D eigenvalue weighted by molar-refractivity contribution is 6.36. The maximum Gasteiger partial charge on any atom is 0.226 e. The van der Waals surface area contributed by atoms with Gasteiger partial charge in [0.25, 0.3) is 0 Å². The lowest BCUT2D eigenvalue weighted by Crippen LogP contribution is -2.30. The molecule has 1 aromatic rings. The molecule has 0 spiro atoms. The molecule has 2 aliphatic rings. The van der Waals surface area contributed by atoms with Gasteiger partial charge in [-0.05, 0) is 37.3 Å². The number of hydrogen-bond acceptors (Lipinski definition) is 1. The van der Waals surface area contributed by atoms with E-state index >= 15 is 0 Å². The number of hydrogen-bond donors (Lipinski definition) is 0. The van der Waals surface area contributed by atoms with Crippen molar-refractivity contribution >= 4 is 29.1 Å². The van der Waals surface area contributed by atoms with E-state index in [0.717, 1.165) is 18.5 Å². The fraction of sp³-hybridized carbons (Fsp3) is 0.588. The van der Waals surface area contributed by atoms with E-state index in [1.807, 2.05) is 23.1 Å². The van der Waals surface area contributed by atoms with Crippen LogP contribution < -0.4 is 0 Å². The molecule has 1 aromatic carbocycles. The minimum absolute atomic E-state index is 0.228. The summed E-state index contributed by atoms with van der Waals surface area (Å²) >= 11 is 12.4. The van der Waals surface area contributed by atoms with Crippen LogP contribution in [0, 0.1) is 11.8 Å². The molecule has 2 fully saturated rings. The Morgan fingerprint density at radius 2 is 1.71 bits per heavy atom. The SMILES string of the molecule is O=C1C(C2CCCCC2)CCN1Cc1c(Cl)cccc1Cl. The van der Waals surface area contributed by atoms with Crippen molar-refractivity contribution in [2.75, 3.05) is 6.54 Å². The first kappa shape index (κ1) is 15.2. The van der Waals surface area contributed by atoms with Crippen LogP contribution in [0.3, 0.4) is 0 Å². The summed E-state index contributed by atoms with van der Waals surface area (Å²) in [4.78, 5) is 14.6. The largest absolute Gasteiger partial charge is 0.338 e. The third kappa shape index (κ3) is 3.22. The Hall–Kier alpha value is -0.730. The molecule has 0 aromatic heterocycles. The zero-order valence-electron chi connectivity index (χ0n) is 12.2. The summed E-state index contributed by atoms with van der Waals surface area (Å²) < 4.78 is 0. The molecule has 21 heavy (non-hydrogen) atoms. The third-order valence-corrected chi connectivity index (χ3v) is 5.68. The van der Waals surface area contributed by atoms with E-state index in [-0.39, 0.29) is 5.92 Å². The van der Waals surface area contributed by atoms with Gasteiger partial charge < -0.3 is 4.90 Å². The second kappa shape index (κ2) is 6.58. The number of nitrogens with zero attached hydrogens (tertiary/aromatic N) is 1. The molecule has 1 unspecified atom stereocenters. The monoisotopic (exact) mass is 325 g/mol. The highest BCUT2D eigenvalue weighted by atomic mass is 35.5. The molecule has 1 saturated heterocycles. The fourth-order valence-corrected chi connectivity index (χ4v) is 4.29. The van der Waals surface area contributed by atoms with Crippen LogP contribution in [0.5, 0.6) is 0 Å². The van der Waals surface area contributed by atoms with Gasteiger partial charge in [0.15, 0.2) is 0 Å². The molecular weight excluding hydrogens is 305 g/mol. The molecule has 1 saturated carbocycles. The van der Waals surface area contributed by atoms with Gasteiger partial charge in [-0.2, -0.15) is 0 Å². The van der Waals surface area contributed by atoms with Crippen LogP contribution in [-0.4, -0.2) is 17.4 Å². The Morgan fingerprint density at radius 1 is 1.05 bits per heavy atom. The topological polar surface area (TPSA) is 20.3 Å². The summed E-state index contributed by atoms with van der Waals surface area (Å²) in [5, 5.41) is 1.30. The molecule has 2 nitrogen and oxygen atoms in total. The average Bonchev–Trinajstić information content (AvgIpc) is 2.85. The molecule has 1 atom stereocenters. The average molecular weight is 326 g/mol. The van der Waals surface area contributed by atoms with Crippen molar-refractivity contribution in [1.29, 1.82) is 0 Å². The minimum atomic E-state index is 0.228. The van der Waals surface area contributed by atoms with Gasteiger partial charge >= 0.3 is 0 Å². The molecule has 1 aliphatic carbocycles. The standard InChI is InChI=1S/C17H21Cl2NO/c18-15-7-4-8-16(19)14(15)11-20-10-9-13(17(20)21)12-5-2-1-3-6-12/h4,7-8,12-13H,1-3,5-6,9-11H2. The Balaban J connectivity index is 1.69. The van der Waals surface area contributed by atoms with Crippen LogP contribution >= 0.6 is 23.2 Å². The molecule has 0 N–H and O–H groups in total. The van der Waals surface area contributed by atoms with Crippen molar-refractivity contribution in [3.63, 3.8) is 0 Å². The van der Waals surface area contributed by atoms with Crippen LogP contribution in [0.25, 0.3) is 0 Å². The van der Waals surface area contributed by atoms with Crippen LogP contribution in [0.2, 0.25) is 10.0 Å². The number of amides is 1. The van der Waals surface area contributed by atoms with E-state index in [9.17, 15) is 4.79 Å². The van der Waals surface area contributed by atoms with Gasteiger partial charge in [0.2, 0.25) is 5.91 Å². The summed E-state index contributed by atoms with van der Waals surface area (Å²) in [6.07, 6.45) is 7.33. The lowest BCUT2D eigenvalue weighted by Gasteiger charge is -2.26. The molecule has 0 radical (unpaired) electrons. The zero-order chi connectivity index (χ0) is 14.8. The summed E-state index contributed by atoms with van der Waals surface area (Å²) in [6, 6.07) is 5.51. The van der Waals surface area contributed by atoms with Crippen molar-refractivity contribution in [3.05, 3.63) is 33.8 Å². The van der Waals surface area contributed by atoms with Crippen molar-refractivity contribution in [2.45, 2.75) is 45.1 Å². The Morgan fingerprint density at radius 3 is 2.38 bits per heavy atom. The van der Waals surface area contributed by atoms with Crippen LogP contribution in [0.15, 0.2) is 18.2 Å². The van der Waals surface area contributed by atoms with Crippen LogP contribution in [-0.2, 0) is 11.3 Å². The first-order valence-electron chi connectivity index (χ1n) is 7.88. The smallest absolute Gasteiger partial charge is 0.226 e. The van der Waals surface area contributed by atoms with E-state index in [1.54, 1.807) is 0 Å². The van der Waals surface area contributed by atoms with E-state index in [0.29, 0.717) is 28.4 Å². The summed E-state index contributed by atoms with van der Waals surface area (Å²) in [5.74, 6) is 1.13. The first-order valence-corrected chi connectivity index (χ1v) is 8.64. The van der Waals surface area contributed by atoms with E-state index < -0.39 is 0 Å². The lowest BCUT2D eigenvalue weighted by molar-refractivity contribution is -0.133. The molecule has 0 bridgehead atoms. The van der Waals surface area contributed by atoms with Gasteiger partial charge in [-0.1, -0.05) is 48.5 Å². The van der Waals surface area contributed by atoms with Crippen molar-refractivity contribution in [3.8, 4) is 0 Å². The first-order chi connectivity index (χ1) is 10.2. The van der Waals surface area contributed by atoms with Gasteiger partial charge in [0.05, 0.1) is 0 Å². The highest BCUT2D eigenvalue weighted by Crippen LogP contribution is 2.37. The fourth-order valence-electron chi connectivity index (χ4n) is 3.77. The highest BCUT2D eigenvalue weighted by Gasteiger charge is 2.37. The summed E-state index contributed by atoms with van der Waals surface area (Å²) in [5.41, 5.74) is 0.874. The molecule has 1 amide bonds. The zero-order valence-corrected chi connectivity index (χ0v) is 13.7. The van der Waals surface area contributed by atoms with Crippen molar-refractivity contribution in [1.82, 2.24) is 4.90 Å². The second-order valence-corrected chi connectivity index (χ2v) is 7.07. The molecule has 3 rings (SSSR count). The number of carbonyl (C=O) groups excluding carboxylic acids is 1. The van der Waals surface area contributed by atoms with Gasteiger partial charge in [0, 0.05) is 34.6 Å². The van der Waals surface area contributed by atoms with Crippen molar-refractivity contribution in [2.24, 2.45) is 11.8 Å². The van der Waals surface area contributed by atoms with Crippen LogP contribution in [0.4, 0.5) is 0 Å². The van der Waals surface area contributed by atoms with E-state index in [1.165, 1.54) is 32.1 Å². The molecular formula is C17H21Cl2NO. The van der Waals surface area contributed by atoms with Gasteiger partial charge in [0.1, 0.15) is 0 Å². The lowest BCUT2D eigenvalue weighted by atomic mass is 9.79. The Bertz CT molecular complexity index is 505. The van der Waals surface area contributed by atoms with Crippen LogP contribution in [0.1, 0.15) is 44.1 Å².